The van der Waals surface area contributed by atoms with E-state index < -0.39 is 5.69 Å². The fourth-order valence-corrected chi connectivity index (χ4v) is 3.04. The number of aromatic nitrogens is 2. The van der Waals surface area contributed by atoms with Gasteiger partial charge in [0.15, 0.2) is 0 Å². The van der Waals surface area contributed by atoms with Crippen LogP contribution < -0.4 is 10.4 Å². The molecule has 0 bridgehead atoms. The summed E-state index contributed by atoms with van der Waals surface area (Å²) in [6.45, 7) is 2.05. The molecule has 0 aliphatic carbocycles. The van der Waals surface area contributed by atoms with Crippen molar-refractivity contribution in [3.8, 4) is 5.75 Å². The lowest BCUT2D eigenvalue weighted by Gasteiger charge is -2.39. The average molecular weight is 342 g/mol. The van der Waals surface area contributed by atoms with Gasteiger partial charge in [-0.2, -0.15) is 0 Å². The molecule has 1 aromatic heterocycles. The van der Waals surface area contributed by atoms with E-state index in [0.717, 1.165) is 17.9 Å². The van der Waals surface area contributed by atoms with Crippen molar-refractivity contribution in [1.82, 2.24) is 19.4 Å². The quantitative estimate of drug-likeness (QED) is 0.821. The Morgan fingerprint density at radius 2 is 2.04 bits per heavy atom. The first-order valence-electron chi connectivity index (χ1n) is 8.22. The third-order valence-corrected chi connectivity index (χ3v) is 4.59. The number of carbonyl (C=O) groups is 1. The smallest absolute Gasteiger partial charge is 0.347 e. The Morgan fingerprint density at radius 1 is 1.28 bits per heavy atom. The zero-order valence-electron chi connectivity index (χ0n) is 14.5. The lowest BCUT2D eigenvalue weighted by Crippen LogP contribution is -2.50. The number of benzene rings is 1. The normalized spacial score (nSPS) is 18.2. The number of carbonyl (C=O) groups excluding carboxylic acids is 1. The first-order valence-corrected chi connectivity index (χ1v) is 8.22. The summed E-state index contributed by atoms with van der Waals surface area (Å²) in [7, 11) is 3.70. The highest BCUT2D eigenvalue weighted by Gasteiger charge is 2.28. The number of rotatable bonds is 4. The molecule has 1 saturated heterocycles. The fourth-order valence-electron chi connectivity index (χ4n) is 3.04. The summed E-state index contributed by atoms with van der Waals surface area (Å²) in [5.41, 5.74) is 0.732. The maximum absolute atomic E-state index is 12.6. The van der Waals surface area contributed by atoms with Gasteiger partial charge in [-0.25, -0.2) is 9.78 Å². The Bertz CT molecular complexity index is 787. The largest absolute Gasteiger partial charge is 0.497 e. The molecule has 1 aromatic carbocycles. The summed E-state index contributed by atoms with van der Waals surface area (Å²) in [5, 5.41) is 0. The monoisotopic (exact) mass is 342 g/mol. The predicted octanol–water partition coefficient (Wildman–Crippen LogP) is 0.767. The maximum atomic E-state index is 12.6. The van der Waals surface area contributed by atoms with Gasteiger partial charge in [-0.05, 0) is 30.8 Å². The van der Waals surface area contributed by atoms with Crippen LogP contribution in [0.3, 0.4) is 0 Å². The summed E-state index contributed by atoms with van der Waals surface area (Å²) in [6.07, 6.45) is 3.02. The number of piperazine rings is 1. The van der Waals surface area contributed by atoms with Crippen LogP contribution in [0.4, 0.5) is 0 Å². The van der Waals surface area contributed by atoms with E-state index in [-0.39, 0.29) is 18.5 Å². The molecule has 1 aliphatic rings. The number of amides is 1. The predicted molar refractivity (Wildman–Crippen MR) is 93.4 cm³/mol. The van der Waals surface area contributed by atoms with E-state index >= 15 is 0 Å². The van der Waals surface area contributed by atoms with Crippen LogP contribution in [0.1, 0.15) is 11.6 Å². The molecule has 1 aliphatic heterocycles. The van der Waals surface area contributed by atoms with Crippen LogP contribution in [0, 0.1) is 0 Å². The topological polar surface area (TPSA) is 67.7 Å². The SMILES string of the molecule is COc1ccc([C@H]2CN(C(=O)Cn3cccnc3=O)CCN2C)cc1. The number of methoxy groups -OCH3 is 1. The standard InChI is InChI=1S/C18H22N4O3/c1-20-10-11-21(17(23)13-22-9-3-8-19-18(22)24)12-16(20)14-4-6-15(25-2)7-5-14/h3-9,16H,10-13H2,1-2H3/t16-/m1/s1. The zero-order valence-corrected chi connectivity index (χ0v) is 14.5. The molecule has 2 aromatic rings. The van der Waals surface area contributed by atoms with Crippen LogP contribution >= 0.6 is 0 Å². The van der Waals surface area contributed by atoms with Gasteiger partial charge in [0.25, 0.3) is 0 Å². The van der Waals surface area contributed by atoms with E-state index in [2.05, 4.69) is 16.9 Å². The molecule has 7 nitrogen and oxygen atoms in total. The molecule has 25 heavy (non-hydrogen) atoms. The van der Waals surface area contributed by atoms with Crippen molar-refractivity contribution in [2.45, 2.75) is 12.6 Å². The van der Waals surface area contributed by atoms with Crippen LogP contribution in [0.2, 0.25) is 0 Å². The van der Waals surface area contributed by atoms with Gasteiger partial charge in [0.05, 0.1) is 13.2 Å². The molecule has 2 heterocycles. The first kappa shape index (κ1) is 17.2. The number of hydrogen-bond acceptors (Lipinski definition) is 5. The molecule has 0 N–H and O–H groups in total. The van der Waals surface area contributed by atoms with E-state index in [1.165, 1.54) is 10.8 Å². The van der Waals surface area contributed by atoms with Gasteiger partial charge in [-0.1, -0.05) is 12.1 Å². The van der Waals surface area contributed by atoms with E-state index in [1.54, 1.807) is 19.4 Å². The Kier molecular flexibility index (Phi) is 5.14. The summed E-state index contributed by atoms with van der Waals surface area (Å²) in [4.78, 5) is 32.0. The summed E-state index contributed by atoms with van der Waals surface area (Å²) in [5.74, 6) is 0.743. The van der Waals surface area contributed by atoms with E-state index in [9.17, 15) is 9.59 Å². The number of nitrogens with zero attached hydrogens (tertiary/aromatic N) is 4. The molecule has 132 valence electrons. The Morgan fingerprint density at radius 3 is 2.72 bits per heavy atom. The van der Waals surface area contributed by atoms with Crippen molar-refractivity contribution in [3.63, 3.8) is 0 Å². The molecule has 0 spiro atoms. The average Bonchev–Trinajstić information content (AvgIpc) is 2.64. The lowest BCUT2D eigenvalue weighted by atomic mass is 10.0. The fraction of sp³-hybridized carbons (Fsp3) is 0.389. The maximum Gasteiger partial charge on any atom is 0.347 e. The van der Waals surface area contributed by atoms with E-state index in [0.29, 0.717) is 13.1 Å². The minimum atomic E-state index is -0.406. The minimum absolute atomic E-state index is 0.0196. The molecule has 0 unspecified atom stereocenters. The molecule has 3 rings (SSSR count). The number of hydrogen-bond donors (Lipinski definition) is 0. The number of ether oxygens (including phenoxy) is 1. The first-order chi connectivity index (χ1) is 12.1. The molecule has 1 atom stereocenters. The van der Waals surface area contributed by atoms with Crippen LogP contribution in [-0.2, 0) is 11.3 Å². The molecule has 0 radical (unpaired) electrons. The van der Waals surface area contributed by atoms with Crippen molar-refractivity contribution in [2.75, 3.05) is 33.8 Å². The lowest BCUT2D eigenvalue weighted by molar-refractivity contribution is -0.134. The highest BCUT2D eigenvalue weighted by atomic mass is 16.5. The Balaban J connectivity index is 1.72. The second-order valence-corrected chi connectivity index (χ2v) is 6.14. The van der Waals surface area contributed by atoms with Gasteiger partial charge in [-0.3, -0.25) is 14.3 Å². The van der Waals surface area contributed by atoms with Crippen LogP contribution in [-0.4, -0.2) is 59.0 Å². The molecule has 1 amide bonds. The Labute approximate surface area is 146 Å². The van der Waals surface area contributed by atoms with Gasteiger partial charge < -0.3 is 9.64 Å². The minimum Gasteiger partial charge on any atom is -0.497 e. The van der Waals surface area contributed by atoms with Crippen molar-refractivity contribution in [2.24, 2.45) is 0 Å². The van der Waals surface area contributed by atoms with Gasteiger partial charge >= 0.3 is 5.69 Å². The van der Waals surface area contributed by atoms with Crippen LogP contribution in [0.25, 0.3) is 0 Å². The summed E-state index contributed by atoms with van der Waals surface area (Å²) < 4.78 is 6.54. The van der Waals surface area contributed by atoms with Crippen LogP contribution in [0.15, 0.2) is 47.5 Å². The third-order valence-electron chi connectivity index (χ3n) is 4.59. The van der Waals surface area contributed by atoms with Crippen molar-refractivity contribution < 1.29 is 9.53 Å². The Hall–Kier alpha value is -2.67. The van der Waals surface area contributed by atoms with Crippen molar-refractivity contribution in [3.05, 3.63) is 58.8 Å². The van der Waals surface area contributed by atoms with Crippen LogP contribution in [0.5, 0.6) is 5.75 Å². The van der Waals surface area contributed by atoms with E-state index in [4.69, 9.17) is 4.74 Å². The van der Waals surface area contributed by atoms with Gasteiger partial charge in [0, 0.05) is 32.0 Å². The van der Waals surface area contributed by atoms with E-state index in [1.807, 2.05) is 29.2 Å². The molecule has 0 saturated carbocycles. The van der Waals surface area contributed by atoms with Gasteiger partial charge in [0.2, 0.25) is 5.91 Å². The highest BCUT2D eigenvalue weighted by Crippen LogP contribution is 2.25. The van der Waals surface area contributed by atoms with Crippen molar-refractivity contribution >= 4 is 5.91 Å². The summed E-state index contributed by atoms with van der Waals surface area (Å²) >= 11 is 0. The molecular weight excluding hydrogens is 320 g/mol. The summed E-state index contributed by atoms with van der Waals surface area (Å²) in [6, 6.07) is 9.69. The van der Waals surface area contributed by atoms with Gasteiger partial charge in [0.1, 0.15) is 12.3 Å². The molecular formula is C18H22N4O3. The molecule has 7 heteroatoms. The second kappa shape index (κ2) is 7.48. The number of likely N-dealkylation sites (N-methyl/N-ethyl adjacent to an activating group) is 1. The van der Waals surface area contributed by atoms with Crippen molar-refractivity contribution in [1.29, 1.82) is 0 Å². The third kappa shape index (κ3) is 3.88. The highest BCUT2D eigenvalue weighted by molar-refractivity contribution is 5.76. The molecule has 1 fully saturated rings. The van der Waals surface area contributed by atoms with Gasteiger partial charge in [-0.15, -0.1) is 0 Å². The zero-order chi connectivity index (χ0) is 17.8. The second-order valence-electron chi connectivity index (χ2n) is 6.14.